The quantitative estimate of drug-likeness (QED) is 0.442. The predicted octanol–water partition coefficient (Wildman–Crippen LogP) is -0.301. The Labute approximate surface area is 84.5 Å². The fraction of sp³-hybridized carbons (Fsp3) is 0. The van der Waals surface area contributed by atoms with Crippen molar-refractivity contribution in [2.75, 3.05) is 0 Å². The van der Waals surface area contributed by atoms with Gasteiger partial charge < -0.3 is 5.73 Å². The molecule has 7 heteroatoms. The molecule has 1 aromatic heterocycles. The number of amides is 1. The van der Waals surface area contributed by atoms with E-state index in [-0.39, 0.29) is 10.7 Å². The summed E-state index contributed by atoms with van der Waals surface area (Å²) in [7, 11) is 0. The second-order valence-electron chi connectivity index (χ2n) is 2.30. The molecule has 1 aromatic rings. The van der Waals surface area contributed by atoms with Gasteiger partial charge in [-0.3, -0.25) is 20.6 Å². The first-order valence-corrected chi connectivity index (χ1v) is 3.97. The summed E-state index contributed by atoms with van der Waals surface area (Å²) in [5.74, 6) is -1.38. The summed E-state index contributed by atoms with van der Waals surface area (Å²) in [5, 5.41) is -0.104. The zero-order chi connectivity index (χ0) is 10.6. The van der Waals surface area contributed by atoms with Gasteiger partial charge in [0.2, 0.25) is 0 Å². The number of carbonyl (C=O) groups excluding carboxylic acids is 1. The Hall–Kier alpha value is -1.76. The number of thiocarbonyl (C=S) groups is 1. The van der Waals surface area contributed by atoms with Gasteiger partial charge in [-0.1, -0.05) is 0 Å². The summed E-state index contributed by atoms with van der Waals surface area (Å²) >= 11 is 4.44. The molecule has 1 amide bonds. The van der Waals surface area contributed by atoms with Crippen LogP contribution in [0.25, 0.3) is 0 Å². The maximum Gasteiger partial charge on any atom is 0.272 e. The first-order chi connectivity index (χ1) is 6.61. The van der Waals surface area contributed by atoms with E-state index in [1.54, 1.807) is 0 Å². The number of nitrogens with two attached hydrogens (primary N) is 1. The SMILES string of the molecule is NC(=S)NNC(=O)c1ccncc1F. The van der Waals surface area contributed by atoms with Gasteiger partial charge >= 0.3 is 0 Å². The molecule has 0 aliphatic heterocycles. The largest absolute Gasteiger partial charge is 0.375 e. The summed E-state index contributed by atoms with van der Waals surface area (Å²) in [6, 6.07) is 1.24. The maximum atomic E-state index is 12.9. The van der Waals surface area contributed by atoms with Crippen molar-refractivity contribution >= 4 is 23.2 Å². The molecule has 0 unspecified atom stereocenters. The van der Waals surface area contributed by atoms with Crippen molar-refractivity contribution in [3.63, 3.8) is 0 Å². The lowest BCUT2D eigenvalue weighted by atomic mass is 10.2. The second-order valence-corrected chi connectivity index (χ2v) is 2.74. The number of hydrogen-bond donors (Lipinski definition) is 3. The molecular formula is C7H7FN4OS. The lowest BCUT2D eigenvalue weighted by molar-refractivity contribution is 0.0939. The average Bonchev–Trinajstić information content (AvgIpc) is 2.15. The van der Waals surface area contributed by atoms with Gasteiger partial charge in [0.15, 0.2) is 10.9 Å². The lowest BCUT2D eigenvalue weighted by Gasteiger charge is -2.06. The van der Waals surface area contributed by atoms with Crippen molar-refractivity contribution in [1.82, 2.24) is 15.8 Å². The molecule has 0 saturated heterocycles. The Kier molecular flexibility index (Phi) is 3.29. The molecule has 1 rings (SSSR count). The van der Waals surface area contributed by atoms with Gasteiger partial charge in [-0.15, -0.1) is 0 Å². The number of hydrazine groups is 1. The van der Waals surface area contributed by atoms with Crippen LogP contribution < -0.4 is 16.6 Å². The van der Waals surface area contributed by atoms with Gasteiger partial charge in [0.25, 0.3) is 5.91 Å². The third kappa shape index (κ3) is 2.63. The molecule has 0 fully saturated rings. The second kappa shape index (κ2) is 4.47. The van der Waals surface area contributed by atoms with Crippen molar-refractivity contribution in [3.05, 3.63) is 29.8 Å². The highest BCUT2D eigenvalue weighted by atomic mass is 32.1. The number of carbonyl (C=O) groups is 1. The smallest absolute Gasteiger partial charge is 0.272 e. The van der Waals surface area contributed by atoms with Crippen LogP contribution in [-0.4, -0.2) is 16.0 Å². The molecule has 0 radical (unpaired) electrons. The van der Waals surface area contributed by atoms with E-state index in [0.29, 0.717) is 0 Å². The molecular weight excluding hydrogens is 207 g/mol. The van der Waals surface area contributed by atoms with E-state index in [9.17, 15) is 9.18 Å². The zero-order valence-electron chi connectivity index (χ0n) is 6.95. The van der Waals surface area contributed by atoms with Crippen LogP contribution in [0.15, 0.2) is 18.5 Å². The molecule has 0 aromatic carbocycles. The summed E-state index contributed by atoms with van der Waals surface area (Å²) < 4.78 is 12.9. The Balaban J connectivity index is 2.70. The molecule has 4 N–H and O–H groups in total. The molecule has 0 spiro atoms. The fourth-order valence-electron chi connectivity index (χ4n) is 0.745. The number of nitrogens with zero attached hydrogens (tertiary/aromatic N) is 1. The number of pyridine rings is 1. The maximum absolute atomic E-state index is 12.9. The highest BCUT2D eigenvalue weighted by molar-refractivity contribution is 7.80. The van der Waals surface area contributed by atoms with Crippen LogP contribution in [0.4, 0.5) is 4.39 Å². The number of rotatable bonds is 1. The molecule has 1 heterocycles. The molecule has 0 atom stereocenters. The molecule has 0 aliphatic carbocycles. The van der Waals surface area contributed by atoms with Gasteiger partial charge in [0, 0.05) is 6.20 Å². The van der Waals surface area contributed by atoms with Gasteiger partial charge in [0.1, 0.15) is 0 Å². The molecule has 5 nitrogen and oxygen atoms in total. The highest BCUT2D eigenvalue weighted by Gasteiger charge is 2.10. The van der Waals surface area contributed by atoms with Crippen molar-refractivity contribution in [1.29, 1.82) is 0 Å². The van der Waals surface area contributed by atoms with Crippen molar-refractivity contribution in [2.45, 2.75) is 0 Å². The van der Waals surface area contributed by atoms with Gasteiger partial charge in [-0.05, 0) is 18.3 Å². The van der Waals surface area contributed by atoms with Gasteiger partial charge in [0.05, 0.1) is 11.8 Å². The Bertz CT molecular complexity index is 370. The van der Waals surface area contributed by atoms with Gasteiger partial charge in [-0.2, -0.15) is 0 Å². The normalized spacial score (nSPS) is 9.21. The van der Waals surface area contributed by atoms with E-state index in [2.05, 4.69) is 28.1 Å². The summed E-state index contributed by atoms with van der Waals surface area (Å²) in [6.07, 6.45) is 2.24. The zero-order valence-corrected chi connectivity index (χ0v) is 7.77. The first kappa shape index (κ1) is 10.3. The molecule has 0 saturated carbocycles. The topological polar surface area (TPSA) is 80.0 Å². The van der Waals surface area contributed by atoms with E-state index < -0.39 is 11.7 Å². The number of nitrogens with one attached hydrogen (secondary N) is 2. The predicted molar refractivity (Wildman–Crippen MR) is 51.6 cm³/mol. The van der Waals surface area contributed by atoms with E-state index in [1.807, 2.05) is 0 Å². The van der Waals surface area contributed by atoms with Crippen LogP contribution in [0.2, 0.25) is 0 Å². The number of hydrogen-bond acceptors (Lipinski definition) is 3. The summed E-state index contributed by atoms with van der Waals surface area (Å²) in [6.45, 7) is 0. The van der Waals surface area contributed by atoms with Crippen LogP contribution in [0.3, 0.4) is 0 Å². The third-order valence-electron chi connectivity index (χ3n) is 1.32. The third-order valence-corrected chi connectivity index (χ3v) is 1.42. The number of aromatic nitrogens is 1. The van der Waals surface area contributed by atoms with Crippen molar-refractivity contribution in [2.24, 2.45) is 5.73 Å². The van der Waals surface area contributed by atoms with Crippen LogP contribution >= 0.6 is 12.2 Å². The minimum atomic E-state index is -0.713. The average molecular weight is 214 g/mol. The molecule has 0 aliphatic rings. The molecule has 0 bridgehead atoms. The van der Waals surface area contributed by atoms with Crippen molar-refractivity contribution < 1.29 is 9.18 Å². The standard InChI is InChI=1S/C7H7FN4OS/c8-5-3-10-2-1-4(5)6(13)11-12-7(9)14/h1-3H,(H,11,13)(H3,9,12,14). The minimum absolute atomic E-state index is 0.104. The monoisotopic (exact) mass is 214 g/mol. The first-order valence-electron chi connectivity index (χ1n) is 3.56. The van der Waals surface area contributed by atoms with E-state index in [1.165, 1.54) is 12.3 Å². The molecule has 74 valence electrons. The lowest BCUT2D eigenvalue weighted by Crippen LogP contribution is -2.44. The van der Waals surface area contributed by atoms with Crippen LogP contribution in [0.1, 0.15) is 10.4 Å². The van der Waals surface area contributed by atoms with E-state index in [0.717, 1.165) is 6.20 Å². The Morgan fingerprint density at radius 1 is 1.57 bits per heavy atom. The fourth-order valence-corrected chi connectivity index (χ4v) is 0.796. The highest BCUT2D eigenvalue weighted by Crippen LogP contribution is 2.02. The van der Waals surface area contributed by atoms with Crippen LogP contribution in [0, 0.1) is 5.82 Å². The minimum Gasteiger partial charge on any atom is -0.375 e. The Morgan fingerprint density at radius 2 is 2.29 bits per heavy atom. The van der Waals surface area contributed by atoms with Crippen molar-refractivity contribution in [3.8, 4) is 0 Å². The van der Waals surface area contributed by atoms with Crippen LogP contribution in [0.5, 0.6) is 0 Å². The van der Waals surface area contributed by atoms with E-state index >= 15 is 0 Å². The van der Waals surface area contributed by atoms with Gasteiger partial charge in [-0.25, -0.2) is 4.39 Å². The van der Waals surface area contributed by atoms with Crippen LogP contribution in [-0.2, 0) is 0 Å². The summed E-state index contributed by atoms with van der Waals surface area (Å²) in [4.78, 5) is 14.7. The number of halogens is 1. The van der Waals surface area contributed by atoms with E-state index in [4.69, 9.17) is 5.73 Å². The molecule has 14 heavy (non-hydrogen) atoms. The summed E-state index contributed by atoms with van der Waals surface area (Å²) in [5.41, 5.74) is 9.23. The Morgan fingerprint density at radius 3 is 2.86 bits per heavy atom.